The molecule has 16 heavy (non-hydrogen) atoms. The number of hydrogen-bond acceptors (Lipinski definition) is 1. The summed E-state index contributed by atoms with van der Waals surface area (Å²) in [5, 5.41) is 8.09. The van der Waals surface area contributed by atoms with Crippen molar-refractivity contribution in [2.75, 3.05) is 0 Å². The van der Waals surface area contributed by atoms with Gasteiger partial charge in [0, 0.05) is 5.02 Å². The van der Waals surface area contributed by atoms with Gasteiger partial charge in [0.25, 0.3) is 0 Å². The second-order valence-electron chi connectivity index (χ2n) is 2.68. The van der Waals surface area contributed by atoms with E-state index in [1.165, 1.54) is 5.56 Å². The zero-order valence-corrected chi connectivity index (χ0v) is 9.95. The van der Waals surface area contributed by atoms with Crippen molar-refractivity contribution < 1.29 is 9.90 Å². The van der Waals surface area contributed by atoms with Gasteiger partial charge in [0.05, 0.1) is 0 Å². The monoisotopic (exact) mass is 241 g/mol. The third-order valence-electron chi connectivity index (χ3n) is 1.48. The third-order valence-corrected chi connectivity index (χ3v) is 1.85. The molecule has 0 aliphatic heterocycles. The molecule has 0 atom stereocenters. The largest absolute Gasteiger partial charge is 0.465 e. The molecule has 0 aliphatic rings. The van der Waals surface area contributed by atoms with Gasteiger partial charge in [-0.25, -0.2) is 4.79 Å². The normalized spacial score (nSPS) is 7.75. The van der Waals surface area contributed by atoms with Gasteiger partial charge in [0.1, 0.15) is 0 Å². The van der Waals surface area contributed by atoms with Gasteiger partial charge in [-0.05, 0) is 18.1 Å². The molecule has 0 unspecified atom stereocenters. The van der Waals surface area contributed by atoms with Crippen molar-refractivity contribution in [2.24, 2.45) is 5.73 Å². The highest BCUT2D eigenvalue weighted by Crippen LogP contribution is 2.15. The van der Waals surface area contributed by atoms with Gasteiger partial charge in [0.15, 0.2) is 0 Å². The molecule has 0 heterocycles. The zero-order chi connectivity index (χ0) is 13.0. The van der Waals surface area contributed by atoms with Crippen molar-refractivity contribution in [3.8, 4) is 12.8 Å². The zero-order valence-electron chi connectivity index (χ0n) is 9.19. The Morgan fingerprint density at radius 1 is 1.44 bits per heavy atom. The van der Waals surface area contributed by atoms with Gasteiger partial charge in [-0.2, -0.15) is 0 Å². The first-order valence-corrected chi connectivity index (χ1v) is 5.00. The minimum absolute atomic E-state index is 0.893. The first-order valence-electron chi connectivity index (χ1n) is 4.63. The van der Waals surface area contributed by atoms with Crippen LogP contribution in [0.25, 0.3) is 0 Å². The Morgan fingerprint density at radius 3 is 2.25 bits per heavy atom. The molecule has 1 aromatic carbocycles. The number of terminal acetylenes is 1. The SMILES string of the molecule is C#C.CCCc1ccccc1Cl.NC(=O)O. The molecule has 88 valence electrons. The number of rotatable bonds is 2. The predicted molar refractivity (Wildman–Crippen MR) is 67.5 cm³/mol. The van der Waals surface area contributed by atoms with E-state index in [2.05, 4.69) is 31.6 Å². The molecule has 1 amide bonds. The van der Waals surface area contributed by atoms with E-state index in [0.29, 0.717) is 0 Å². The minimum Gasteiger partial charge on any atom is -0.465 e. The number of aryl methyl sites for hydroxylation is 1. The second-order valence-corrected chi connectivity index (χ2v) is 3.09. The minimum atomic E-state index is -1.33. The number of hydrogen-bond donors (Lipinski definition) is 2. The fourth-order valence-corrected chi connectivity index (χ4v) is 1.20. The van der Waals surface area contributed by atoms with E-state index in [0.717, 1.165) is 17.9 Å². The molecular formula is C12H16ClNO2. The number of halogens is 1. The Labute approximate surface area is 101 Å². The molecule has 0 radical (unpaired) electrons. The summed E-state index contributed by atoms with van der Waals surface area (Å²) in [6.07, 6.45) is 8.91. The molecule has 0 saturated carbocycles. The number of amides is 1. The van der Waals surface area contributed by atoms with Crippen molar-refractivity contribution in [2.45, 2.75) is 19.8 Å². The summed E-state index contributed by atoms with van der Waals surface area (Å²) in [4.78, 5) is 8.78. The summed E-state index contributed by atoms with van der Waals surface area (Å²) in [6.45, 7) is 2.16. The van der Waals surface area contributed by atoms with Crippen molar-refractivity contribution in [3.63, 3.8) is 0 Å². The molecule has 4 heteroatoms. The Morgan fingerprint density at radius 2 is 1.88 bits per heavy atom. The number of carbonyl (C=O) groups is 1. The van der Waals surface area contributed by atoms with Crippen molar-refractivity contribution >= 4 is 17.7 Å². The summed E-state index contributed by atoms with van der Waals surface area (Å²) in [7, 11) is 0. The first-order chi connectivity index (χ1) is 7.57. The molecule has 0 saturated heterocycles. The molecular weight excluding hydrogens is 226 g/mol. The van der Waals surface area contributed by atoms with E-state index >= 15 is 0 Å². The average molecular weight is 242 g/mol. The molecule has 0 bridgehead atoms. The summed E-state index contributed by atoms with van der Waals surface area (Å²) in [5.74, 6) is 0. The fraction of sp³-hybridized carbons (Fsp3) is 0.250. The molecule has 1 aromatic rings. The Bertz CT molecular complexity index is 320. The maximum Gasteiger partial charge on any atom is 0.402 e. The van der Waals surface area contributed by atoms with Crippen LogP contribution in [0.1, 0.15) is 18.9 Å². The van der Waals surface area contributed by atoms with E-state index in [1.807, 2.05) is 18.2 Å². The molecule has 3 N–H and O–H groups in total. The van der Waals surface area contributed by atoms with Crippen LogP contribution in [0, 0.1) is 12.8 Å². The number of benzene rings is 1. The van der Waals surface area contributed by atoms with Gasteiger partial charge in [-0.1, -0.05) is 43.1 Å². The third kappa shape index (κ3) is 10.4. The smallest absolute Gasteiger partial charge is 0.402 e. The predicted octanol–water partition coefficient (Wildman–Crippen LogP) is 3.17. The van der Waals surface area contributed by atoms with Crippen molar-refractivity contribution in [1.29, 1.82) is 0 Å². The molecule has 3 nitrogen and oxygen atoms in total. The van der Waals surface area contributed by atoms with Crippen LogP contribution in [0.3, 0.4) is 0 Å². The molecule has 0 aliphatic carbocycles. The lowest BCUT2D eigenvalue weighted by Gasteiger charge is -1.99. The highest BCUT2D eigenvalue weighted by atomic mass is 35.5. The van der Waals surface area contributed by atoms with E-state index < -0.39 is 6.09 Å². The van der Waals surface area contributed by atoms with Gasteiger partial charge in [0.2, 0.25) is 0 Å². The van der Waals surface area contributed by atoms with Crippen LogP contribution in [0.2, 0.25) is 5.02 Å². The lowest BCUT2D eigenvalue weighted by Crippen LogP contribution is -2.03. The standard InChI is InChI=1S/C9H11Cl.C2H2.CH3NO2/c1-2-5-8-6-3-4-7-9(8)10;1-2;2-1(3)4/h3-4,6-7H,2,5H2,1H3;1-2H;2H2,(H,3,4). The summed E-state index contributed by atoms with van der Waals surface area (Å²) in [5.41, 5.74) is 5.28. The van der Waals surface area contributed by atoms with E-state index in [4.69, 9.17) is 21.5 Å². The van der Waals surface area contributed by atoms with Gasteiger partial charge < -0.3 is 10.8 Å². The van der Waals surface area contributed by atoms with E-state index in [1.54, 1.807) is 0 Å². The molecule has 0 aromatic heterocycles. The van der Waals surface area contributed by atoms with Crippen LogP contribution in [-0.2, 0) is 6.42 Å². The highest BCUT2D eigenvalue weighted by molar-refractivity contribution is 6.31. The topological polar surface area (TPSA) is 63.3 Å². The Hall–Kier alpha value is -1.66. The average Bonchev–Trinajstić information content (AvgIpc) is 2.24. The summed E-state index contributed by atoms with van der Waals surface area (Å²) >= 11 is 5.90. The lowest BCUT2D eigenvalue weighted by atomic mass is 10.1. The van der Waals surface area contributed by atoms with Crippen molar-refractivity contribution in [1.82, 2.24) is 0 Å². The van der Waals surface area contributed by atoms with Gasteiger partial charge in [-0.15, -0.1) is 12.8 Å². The summed E-state index contributed by atoms with van der Waals surface area (Å²) in [6, 6.07) is 8.00. The first kappa shape index (κ1) is 16.8. The van der Waals surface area contributed by atoms with Gasteiger partial charge in [-0.3, -0.25) is 0 Å². The molecule has 0 fully saturated rings. The Balaban J connectivity index is 0. The maximum absolute atomic E-state index is 8.78. The van der Waals surface area contributed by atoms with E-state index in [-0.39, 0.29) is 0 Å². The van der Waals surface area contributed by atoms with Crippen LogP contribution in [0.4, 0.5) is 4.79 Å². The fourth-order valence-electron chi connectivity index (χ4n) is 0.970. The second kappa shape index (κ2) is 11.4. The van der Waals surface area contributed by atoms with Crippen LogP contribution in [0.5, 0.6) is 0 Å². The number of nitrogens with two attached hydrogens (primary N) is 1. The quantitative estimate of drug-likeness (QED) is 0.782. The number of carboxylic acid groups (broad SMARTS) is 1. The maximum atomic E-state index is 8.78. The van der Waals surface area contributed by atoms with E-state index in [9.17, 15) is 0 Å². The number of primary amides is 1. The van der Waals surface area contributed by atoms with Crippen LogP contribution < -0.4 is 5.73 Å². The molecule has 0 spiro atoms. The Kier molecular flexibility index (Phi) is 12.0. The summed E-state index contributed by atoms with van der Waals surface area (Å²) < 4.78 is 0. The van der Waals surface area contributed by atoms with Gasteiger partial charge >= 0.3 is 6.09 Å². The lowest BCUT2D eigenvalue weighted by molar-refractivity contribution is 0.205. The van der Waals surface area contributed by atoms with Crippen molar-refractivity contribution in [3.05, 3.63) is 34.9 Å². The van der Waals surface area contributed by atoms with Crippen LogP contribution >= 0.6 is 11.6 Å². The molecule has 1 rings (SSSR count). The van der Waals surface area contributed by atoms with Crippen LogP contribution in [0.15, 0.2) is 24.3 Å². The highest BCUT2D eigenvalue weighted by Gasteiger charge is 1.94. The van der Waals surface area contributed by atoms with Crippen LogP contribution in [-0.4, -0.2) is 11.2 Å².